The zero-order chi connectivity index (χ0) is 13.6. The van der Waals surface area contributed by atoms with Gasteiger partial charge in [0.25, 0.3) is 0 Å². The summed E-state index contributed by atoms with van der Waals surface area (Å²) >= 11 is 7.39. The van der Waals surface area contributed by atoms with Gasteiger partial charge < -0.3 is 4.74 Å². The number of ether oxygens (including phenoxy) is 1. The first-order valence-electron chi connectivity index (χ1n) is 6.30. The molecule has 0 N–H and O–H groups in total. The normalized spacial score (nSPS) is 11.9. The lowest BCUT2D eigenvalue weighted by molar-refractivity contribution is 0.299. The largest absolute Gasteiger partial charge is 0.496 e. The molecule has 0 heterocycles. The summed E-state index contributed by atoms with van der Waals surface area (Å²) in [5.41, 5.74) is 1.54. The summed E-state index contributed by atoms with van der Waals surface area (Å²) in [6, 6.07) is 8.31. The van der Waals surface area contributed by atoms with E-state index >= 15 is 0 Å². The van der Waals surface area contributed by atoms with E-state index in [-0.39, 0.29) is 5.41 Å². The van der Waals surface area contributed by atoms with Crippen LogP contribution in [0, 0.1) is 11.3 Å². The first-order chi connectivity index (χ1) is 8.56. The Hall–Kier alpha value is -0.0200. The first-order valence-corrected chi connectivity index (χ1v) is 8.55. The van der Waals surface area contributed by atoms with E-state index in [4.69, 9.17) is 4.74 Å². The molecule has 0 saturated heterocycles. The van der Waals surface area contributed by atoms with Crippen molar-refractivity contribution in [1.82, 2.24) is 0 Å². The minimum atomic E-state index is 0.253. The fourth-order valence-electron chi connectivity index (χ4n) is 2.43. The van der Waals surface area contributed by atoms with Crippen molar-refractivity contribution in [2.75, 3.05) is 17.8 Å². The molecule has 1 aromatic rings. The Morgan fingerprint density at radius 1 is 1.17 bits per heavy atom. The second-order valence-corrected chi connectivity index (χ2v) is 6.48. The van der Waals surface area contributed by atoms with E-state index in [2.05, 4.69) is 57.8 Å². The highest BCUT2D eigenvalue weighted by Gasteiger charge is 2.30. The number of hydrogen-bond acceptors (Lipinski definition) is 1. The van der Waals surface area contributed by atoms with Gasteiger partial charge in [0.05, 0.1) is 7.11 Å². The van der Waals surface area contributed by atoms with Gasteiger partial charge in [0, 0.05) is 10.7 Å². The van der Waals surface area contributed by atoms with Crippen LogP contribution in [0.1, 0.15) is 25.8 Å². The highest BCUT2D eigenvalue weighted by Crippen LogP contribution is 2.37. The van der Waals surface area contributed by atoms with Crippen LogP contribution in [0.5, 0.6) is 5.75 Å². The Balaban J connectivity index is 2.95. The molecule has 0 unspecified atom stereocenters. The number of benzene rings is 1. The summed E-state index contributed by atoms with van der Waals surface area (Å²) in [6.07, 6.45) is 2.23. The first kappa shape index (κ1) is 16.0. The molecule has 0 spiro atoms. The highest BCUT2D eigenvalue weighted by atomic mass is 79.9. The molecule has 0 saturated carbocycles. The zero-order valence-corrected chi connectivity index (χ0v) is 14.6. The third-order valence-corrected chi connectivity index (χ3v) is 5.55. The number of rotatable bonds is 7. The average molecular weight is 378 g/mol. The van der Waals surface area contributed by atoms with Crippen molar-refractivity contribution in [2.24, 2.45) is 11.3 Å². The molecule has 18 heavy (non-hydrogen) atoms. The van der Waals surface area contributed by atoms with E-state index in [9.17, 15) is 0 Å². The van der Waals surface area contributed by atoms with Gasteiger partial charge in [-0.15, -0.1) is 0 Å². The number of halogens is 2. The molecule has 0 bridgehead atoms. The predicted molar refractivity (Wildman–Crippen MR) is 86.2 cm³/mol. The molecule has 0 aliphatic rings. The summed E-state index contributed by atoms with van der Waals surface area (Å²) < 4.78 is 5.45. The average Bonchev–Trinajstić information content (AvgIpc) is 2.38. The third kappa shape index (κ3) is 4.27. The fourth-order valence-corrected chi connectivity index (χ4v) is 4.21. The van der Waals surface area contributed by atoms with Gasteiger partial charge >= 0.3 is 0 Å². The minimum Gasteiger partial charge on any atom is -0.496 e. The summed E-state index contributed by atoms with van der Waals surface area (Å²) in [5, 5.41) is 2.00. The molecule has 0 atom stereocenters. The van der Waals surface area contributed by atoms with Crippen LogP contribution in [0.15, 0.2) is 24.3 Å². The van der Waals surface area contributed by atoms with Crippen LogP contribution >= 0.6 is 31.9 Å². The molecular formula is C15H22Br2O. The minimum absolute atomic E-state index is 0.253. The maximum absolute atomic E-state index is 5.45. The molecule has 0 aliphatic carbocycles. The van der Waals surface area contributed by atoms with Crippen LogP contribution in [0.2, 0.25) is 0 Å². The molecule has 1 rings (SSSR count). The van der Waals surface area contributed by atoms with Crippen molar-refractivity contribution >= 4 is 31.9 Å². The molecule has 102 valence electrons. The number of hydrogen-bond donors (Lipinski definition) is 0. The van der Waals surface area contributed by atoms with Gasteiger partial charge in [0.15, 0.2) is 0 Å². The molecular weight excluding hydrogens is 356 g/mol. The van der Waals surface area contributed by atoms with E-state index < -0.39 is 0 Å². The standard InChI is InChI=1S/C15H22Br2O/c1-12(2)8-15(10-16,11-17)9-13-6-4-5-7-14(13)18-3/h4-7,12H,8-11H2,1-3H3. The van der Waals surface area contributed by atoms with Gasteiger partial charge in [0.2, 0.25) is 0 Å². The van der Waals surface area contributed by atoms with Gasteiger partial charge in [-0.2, -0.15) is 0 Å². The molecule has 0 radical (unpaired) electrons. The van der Waals surface area contributed by atoms with E-state index in [0.29, 0.717) is 5.92 Å². The van der Waals surface area contributed by atoms with E-state index in [0.717, 1.165) is 22.8 Å². The van der Waals surface area contributed by atoms with Crippen molar-refractivity contribution in [1.29, 1.82) is 0 Å². The summed E-state index contributed by atoms with van der Waals surface area (Å²) in [6.45, 7) is 4.56. The van der Waals surface area contributed by atoms with Gasteiger partial charge in [-0.3, -0.25) is 0 Å². The smallest absolute Gasteiger partial charge is 0.122 e. The fraction of sp³-hybridized carbons (Fsp3) is 0.600. The lowest BCUT2D eigenvalue weighted by Gasteiger charge is -2.32. The van der Waals surface area contributed by atoms with Gasteiger partial charge in [-0.25, -0.2) is 0 Å². The van der Waals surface area contributed by atoms with Crippen LogP contribution in [0.3, 0.4) is 0 Å². The quantitative estimate of drug-likeness (QED) is 0.603. The van der Waals surface area contributed by atoms with Crippen molar-refractivity contribution in [3.8, 4) is 5.75 Å². The zero-order valence-electron chi connectivity index (χ0n) is 11.4. The molecule has 1 aromatic carbocycles. The lowest BCUT2D eigenvalue weighted by atomic mass is 9.78. The van der Waals surface area contributed by atoms with E-state index in [1.54, 1.807) is 7.11 Å². The van der Waals surface area contributed by atoms with Crippen molar-refractivity contribution in [3.63, 3.8) is 0 Å². The number of para-hydroxylation sites is 1. The number of methoxy groups -OCH3 is 1. The molecule has 0 amide bonds. The van der Waals surface area contributed by atoms with Gasteiger partial charge in [-0.05, 0) is 35.8 Å². The highest BCUT2D eigenvalue weighted by molar-refractivity contribution is 9.09. The molecule has 3 heteroatoms. The summed E-state index contributed by atoms with van der Waals surface area (Å²) in [7, 11) is 1.74. The van der Waals surface area contributed by atoms with Crippen LogP contribution in [-0.4, -0.2) is 17.8 Å². The van der Waals surface area contributed by atoms with Crippen molar-refractivity contribution in [2.45, 2.75) is 26.7 Å². The maximum atomic E-state index is 5.45. The van der Waals surface area contributed by atoms with Crippen LogP contribution in [0.4, 0.5) is 0 Å². The topological polar surface area (TPSA) is 9.23 Å². The predicted octanol–water partition coefficient (Wildman–Crippen LogP) is 5.06. The monoisotopic (exact) mass is 376 g/mol. The van der Waals surface area contributed by atoms with Crippen LogP contribution < -0.4 is 4.74 Å². The molecule has 0 aromatic heterocycles. The summed E-state index contributed by atoms with van der Waals surface area (Å²) in [5.74, 6) is 1.68. The van der Waals surface area contributed by atoms with Crippen LogP contribution in [-0.2, 0) is 6.42 Å². The van der Waals surface area contributed by atoms with Gasteiger partial charge in [0.1, 0.15) is 5.75 Å². The second kappa shape index (κ2) is 7.54. The van der Waals surface area contributed by atoms with E-state index in [1.807, 2.05) is 12.1 Å². The van der Waals surface area contributed by atoms with E-state index in [1.165, 1.54) is 12.0 Å². The SMILES string of the molecule is COc1ccccc1CC(CBr)(CBr)CC(C)C. The Morgan fingerprint density at radius 3 is 2.28 bits per heavy atom. The van der Waals surface area contributed by atoms with Crippen molar-refractivity contribution in [3.05, 3.63) is 29.8 Å². The Kier molecular flexibility index (Phi) is 6.72. The second-order valence-electron chi connectivity index (χ2n) is 5.35. The number of alkyl halides is 2. The van der Waals surface area contributed by atoms with Crippen molar-refractivity contribution < 1.29 is 4.74 Å². The Labute approximate surface area is 128 Å². The molecule has 0 aliphatic heterocycles. The molecule has 0 fully saturated rings. The Morgan fingerprint density at radius 2 is 1.78 bits per heavy atom. The summed E-state index contributed by atoms with van der Waals surface area (Å²) in [4.78, 5) is 0. The van der Waals surface area contributed by atoms with Gasteiger partial charge in [-0.1, -0.05) is 63.9 Å². The van der Waals surface area contributed by atoms with Crippen LogP contribution in [0.25, 0.3) is 0 Å². The third-order valence-electron chi connectivity index (χ3n) is 3.17. The Bertz CT molecular complexity index is 359. The maximum Gasteiger partial charge on any atom is 0.122 e. The lowest BCUT2D eigenvalue weighted by Crippen LogP contribution is -2.29. The molecule has 1 nitrogen and oxygen atoms in total.